The molecule has 0 spiro atoms. The van der Waals surface area contributed by atoms with E-state index in [1.165, 1.54) is 5.56 Å². The molecule has 32 heavy (non-hydrogen) atoms. The van der Waals surface area contributed by atoms with Crippen LogP contribution in [-0.4, -0.2) is 18.0 Å². The molecule has 0 heterocycles. The molecule has 0 aliphatic heterocycles. The average Bonchev–Trinajstić information content (AvgIpc) is 3.55. The maximum atomic E-state index is 12.4. The van der Waals surface area contributed by atoms with Crippen LogP contribution in [0.4, 0.5) is 16.2 Å². The first-order valence-corrected chi connectivity index (χ1v) is 10.5. The lowest BCUT2D eigenvalue weighted by Gasteiger charge is -2.10. The van der Waals surface area contributed by atoms with Crippen molar-refractivity contribution in [1.29, 1.82) is 0 Å². The summed E-state index contributed by atoms with van der Waals surface area (Å²) in [6.45, 7) is 0.495. The molecule has 2 atom stereocenters. The number of alkyl carbamates (subject to hydrolysis) is 1. The fourth-order valence-corrected chi connectivity index (χ4v) is 3.41. The van der Waals surface area contributed by atoms with Crippen molar-refractivity contribution >= 4 is 23.4 Å². The van der Waals surface area contributed by atoms with E-state index in [-0.39, 0.29) is 18.6 Å². The van der Waals surface area contributed by atoms with Crippen LogP contribution < -0.4 is 22.1 Å². The summed E-state index contributed by atoms with van der Waals surface area (Å²) in [6.07, 6.45) is 0.533. The summed E-state index contributed by atoms with van der Waals surface area (Å²) in [4.78, 5) is 24.4. The lowest BCUT2D eigenvalue weighted by Crippen LogP contribution is -2.23. The molecule has 0 aromatic heterocycles. The number of para-hydroxylation sites is 2. The molecular weight excluding hydrogens is 404 g/mol. The van der Waals surface area contributed by atoms with E-state index in [4.69, 9.17) is 16.2 Å². The zero-order valence-corrected chi connectivity index (χ0v) is 17.6. The third-order valence-electron chi connectivity index (χ3n) is 5.48. The molecule has 0 bridgehead atoms. The molecule has 0 saturated heterocycles. The number of carbonyl (C=O) groups is 2. The number of rotatable bonds is 7. The first-order chi connectivity index (χ1) is 15.5. The number of hydrogen-bond acceptors (Lipinski definition) is 5. The number of nitrogens with one attached hydrogen (secondary N) is 2. The smallest absolute Gasteiger partial charge is 0.407 e. The van der Waals surface area contributed by atoms with Crippen molar-refractivity contribution in [2.45, 2.75) is 31.5 Å². The molecule has 1 saturated carbocycles. The van der Waals surface area contributed by atoms with Gasteiger partial charge < -0.3 is 26.8 Å². The number of ether oxygens (including phenoxy) is 1. The molecule has 164 valence electrons. The number of carbonyl (C=O) groups excluding carboxylic acids is 2. The molecule has 2 amide bonds. The quantitative estimate of drug-likeness (QED) is 0.426. The van der Waals surface area contributed by atoms with Gasteiger partial charge in [-0.15, -0.1) is 0 Å². The van der Waals surface area contributed by atoms with Crippen LogP contribution in [0.2, 0.25) is 0 Å². The van der Waals surface area contributed by atoms with Gasteiger partial charge in [0, 0.05) is 24.1 Å². The zero-order chi connectivity index (χ0) is 22.5. The molecule has 4 rings (SSSR count). The van der Waals surface area contributed by atoms with Gasteiger partial charge in [-0.3, -0.25) is 4.79 Å². The zero-order valence-electron chi connectivity index (χ0n) is 17.6. The van der Waals surface area contributed by atoms with Crippen molar-refractivity contribution in [2.24, 2.45) is 5.73 Å². The van der Waals surface area contributed by atoms with Crippen LogP contribution in [0.25, 0.3) is 0 Å². The summed E-state index contributed by atoms with van der Waals surface area (Å²) < 4.78 is 5.28. The minimum absolute atomic E-state index is 0.199. The van der Waals surface area contributed by atoms with Crippen LogP contribution >= 0.6 is 0 Å². The Balaban J connectivity index is 1.22. The lowest BCUT2D eigenvalue weighted by molar-refractivity contribution is 0.102. The molecule has 3 aromatic rings. The molecule has 1 fully saturated rings. The third kappa shape index (κ3) is 5.44. The first-order valence-electron chi connectivity index (χ1n) is 10.5. The molecule has 1 unspecified atom stereocenters. The Morgan fingerprint density at radius 2 is 1.59 bits per heavy atom. The van der Waals surface area contributed by atoms with E-state index in [0.29, 0.717) is 29.4 Å². The van der Waals surface area contributed by atoms with Crippen molar-refractivity contribution in [3.05, 3.63) is 95.1 Å². The van der Waals surface area contributed by atoms with E-state index >= 15 is 0 Å². The predicted octanol–water partition coefficient (Wildman–Crippen LogP) is 3.76. The van der Waals surface area contributed by atoms with Gasteiger partial charge in [-0.05, 0) is 47.4 Å². The van der Waals surface area contributed by atoms with Gasteiger partial charge in [0.25, 0.3) is 5.91 Å². The number of nitrogen functional groups attached to an aromatic ring is 1. The maximum absolute atomic E-state index is 12.4. The van der Waals surface area contributed by atoms with Crippen LogP contribution in [0.3, 0.4) is 0 Å². The second-order valence-electron chi connectivity index (χ2n) is 7.92. The molecular formula is C25H26N4O3. The van der Waals surface area contributed by atoms with E-state index < -0.39 is 6.09 Å². The Labute approximate surface area is 186 Å². The van der Waals surface area contributed by atoms with Gasteiger partial charge in [0.15, 0.2) is 0 Å². The highest BCUT2D eigenvalue weighted by atomic mass is 16.5. The summed E-state index contributed by atoms with van der Waals surface area (Å²) in [5, 5.41) is 5.50. The summed E-state index contributed by atoms with van der Waals surface area (Å²) in [7, 11) is 0. The molecule has 7 heteroatoms. The molecule has 3 aromatic carbocycles. The largest absolute Gasteiger partial charge is 0.445 e. The summed E-state index contributed by atoms with van der Waals surface area (Å²) in [6, 6.07) is 22.3. The highest BCUT2D eigenvalue weighted by Crippen LogP contribution is 2.38. The van der Waals surface area contributed by atoms with Gasteiger partial charge >= 0.3 is 6.09 Å². The Hall–Kier alpha value is -3.84. The van der Waals surface area contributed by atoms with Crippen molar-refractivity contribution in [3.8, 4) is 0 Å². The first kappa shape index (κ1) is 21.4. The standard InChI is InChI=1S/C25H26N4O3/c26-21-3-1-2-4-23(21)29-24(30)19-11-5-16(6-12-19)14-28-25(31)32-15-17-7-9-18(10-8-17)20-13-22(20)27/h1-12,20,22H,13-15,26-27H2,(H,28,31)(H,29,30)/t20?,22-/m0/s1. The number of amides is 2. The second kappa shape index (κ2) is 9.53. The van der Waals surface area contributed by atoms with Gasteiger partial charge in [0.05, 0.1) is 11.4 Å². The minimum atomic E-state index is -0.500. The maximum Gasteiger partial charge on any atom is 0.407 e. The van der Waals surface area contributed by atoms with E-state index in [1.54, 1.807) is 48.5 Å². The highest BCUT2D eigenvalue weighted by molar-refractivity contribution is 6.05. The van der Waals surface area contributed by atoms with Crippen LogP contribution in [0.1, 0.15) is 39.4 Å². The molecule has 0 radical (unpaired) electrons. The van der Waals surface area contributed by atoms with Crippen molar-refractivity contribution in [1.82, 2.24) is 5.32 Å². The number of anilines is 2. The predicted molar refractivity (Wildman–Crippen MR) is 124 cm³/mol. The Morgan fingerprint density at radius 3 is 2.25 bits per heavy atom. The van der Waals surface area contributed by atoms with E-state index in [9.17, 15) is 9.59 Å². The van der Waals surface area contributed by atoms with Gasteiger partial charge in [-0.25, -0.2) is 4.79 Å². The van der Waals surface area contributed by atoms with E-state index in [1.807, 2.05) is 24.3 Å². The van der Waals surface area contributed by atoms with Crippen LogP contribution in [0.5, 0.6) is 0 Å². The Morgan fingerprint density at radius 1 is 0.938 bits per heavy atom. The molecule has 7 nitrogen and oxygen atoms in total. The monoisotopic (exact) mass is 430 g/mol. The fraction of sp³-hybridized carbons (Fsp3) is 0.200. The molecule has 1 aliphatic rings. The Kier molecular flexibility index (Phi) is 6.37. The van der Waals surface area contributed by atoms with Crippen LogP contribution in [-0.2, 0) is 17.9 Å². The highest BCUT2D eigenvalue weighted by Gasteiger charge is 2.34. The van der Waals surface area contributed by atoms with Crippen LogP contribution in [0.15, 0.2) is 72.8 Å². The topological polar surface area (TPSA) is 119 Å². The summed E-state index contributed by atoms with van der Waals surface area (Å²) >= 11 is 0. The van der Waals surface area contributed by atoms with Gasteiger partial charge in [-0.2, -0.15) is 0 Å². The SMILES string of the molecule is Nc1ccccc1NC(=O)c1ccc(CNC(=O)OCc2ccc(C3C[C@@H]3N)cc2)cc1. The average molecular weight is 431 g/mol. The van der Waals surface area contributed by atoms with Gasteiger partial charge in [0.1, 0.15) is 6.61 Å². The fourth-order valence-electron chi connectivity index (χ4n) is 3.41. The minimum Gasteiger partial charge on any atom is -0.445 e. The summed E-state index contributed by atoms with van der Waals surface area (Å²) in [5.41, 5.74) is 16.3. The van der Waals surface area contributed by atoms with Gasteiger partial charge in [-0.1, -0.05) is 48.5 Å². The third-order valence-corrected chi connectivity index (χ3v) is 5.48. The van der Waals surface area contributed by atoms with Crippen LogP contribution in [0, 0.1) is 0 Å². The lowest BCUT2D eigenvalue weighted by atomic mass is 10.1. The van der Waals surface area contributed by atoms with Crippen molar-refractivity contribution < 1.29 is 14.3 Å². The summed E-state index contributed by atoms with van der Waals surface area (Å²) in [5.74, 6) is 0.207. The normalized spacial score (nSPS) is 16.8. The molecule has 6 N–H and O–H groups in total. The Bertz CT molecular complexity index is 1100. The number of nitrogens with two attached hydrogens (primary N) is 2. The molecule has 1 aliphatic carbocycles. The van der Waals surface area contributed by atoms with E-state index in [0.717, 1.165) is 17.5 Å². The number of hydrogen-bond donors (Lipinski definition) is 4. The van der Waals surface area contributed by atoms with Crippen molar-refractivity contribution in [2.75, 3.05) is 11.1 Å². The number of benzene rings is 3. The van der Waals surface area contributed by atoms with Gasteiger partial charge in [0.2, 0.25) is 0 Å². The second-order valence-corrected chi connectivity index (χ2v) is 7.92. The van der Waals surface area contributed by atoms with Crippen molar-refractivity contribution in [3.63, 3.8) is 0 Å². The van der Waals surface area contributed by atoms with E-state index in [2.05, 4.69) is 10.6 Å².